The highest BCUT2D eigenvalue weighted by molar-refractivity contribution is 5.85. The van der Waals surface area contributed by atoms with Crippen molar-refractivity contribution in [3.8, 4) is 0 Å². The number of halogens is 4. The molecule has 0 saturated carbocycles. The summed E-state index contributed by atoms with van der Waals surface area (Å²) >= 11 is 0. The first-order valence-electron chi connectivity index (χ1n) is 5.48. The maximum absolute atomic E-state index is 12.8. The van der Waals surface area contributed by atoms with Gasteiger partial charge in [-0.25, -0.2) is 0 Å². The fourth-order valence-electron chi connectivity index (χ4n) is 2.18. The van der Waals surface area contributed by atoms with E-state index in [4.69, 9.17) is 0 Å². The zero-order valence-corrected chi connectivity index (χ0v) is 10.1. The molecule has 0 amide bonds. The van der Waals surface area contributed by atoms with Gasteiger partial charge in [-0.1, -0.05) is 24.6 Å². The molecule has 1 atom stereocenters. The largest absolute Gasteiger partial charge is 0.416 e. The molecule has 0 radical (unpaired) electrons. The smallest absolute Gasteiger partial charge is 0.310 e. The van der Waals surface area contributed by atoms with Crippen LogP contribution in [0.3, 0.4) is 0 Å². The molecule has 1 saturated heterocycles. The van der Waals surface area contributed by atoms with Gasteiger partial charge in [-0.05, 0) is 31.0 Å². The molecule has 0 aliphatic carbocycles. The fourth-order valence-corrected chi connectivity index (χ4v) is 2.18. The zero-order valence-electron chi connectivity index (χ0n) is 9.26. The van der Waals surface area contributed by atoms with Crippen LogP contribution in [0.5, 0.6) is 0 Å². The minimum atomic E-state index is -4.25. The number of alkyl halides is 3. The lowest BCUT2D eigenvalue weighted by molar-refractivity contribution is -0.138. The summed E-state index contributed by atoms with van der Waals surface area (Å²) in [5, 5.41) is 3.15. The number of nitrogens with one attached hydrogen (secondary N) is 1. The molecular formula is C12H15ClF3N. The fraction of sp³-hybridized carbons (Fsp3) is 0.500. The summed E-state index contributed by atoms with van der Waals surface area (Å²) in [5.74, 6) is 0. The van der Waals surface area contributed by atoms with E-state index in [1.165, 1.54) is 6.07 Å². The summed E-state index contributed by atoms with van der Waals surface area (Å²) in [5.41, 5.74) is -0.121. The molecule has 1 aromatic rings. The van der Waals surface area contributed by atoms with Crippen LogP contribution in [0, 0.1) is 0 Å². The highest BCUT2D eigenvalue weighted by atomic mass is 35.5. The lowest BCUT2D eigenvalue weighted by Gasteiger charge is -2.26. The van der Waals surface area contributed by atoms with Gasteiger partial charge >= 0.3 is 6.18 Å². The Bertz CT molecular complexity index is 359. The van der Waals surface area contributed by atoms with Gasteiger partial charge in [-0.15, -0.1) is 12.4 Å². The molecule has 0 bridgehead atoms. The van der Waals surface area contributed by atoms with Crippen molar-refractivity contribution in [2.45, 2.75) is 31.5 Å². The molecule has 5 heteroatoms. The monoisotopic (exact) mass is 265 g/mol. The molecule has 0 aromatic heterocycles. The molecule has 1 aliphatic heterocycles. The molecule has 1 fully saturated rings. The second kappa shape index (κ2) is 5.74. The Morgan fingerprint density at radius 3 is 2.41 bits per heavy atom. The van der Waals surface area contributed by atoms with Crippen molar-refractivity contribution in [3.63, 3.8) is 0 Å². The van der Waals surface area contributed by atoms with Crippen molar-refractivity contribution >= 4 is 12.4 Å². The summed E-state index contributed by atoms with van der Waals surface area (Å²) in [4.78, 5) is 0. The minimum absolute atomic E-state index is 0. The molecule has 0 spiro atoms. The van der Waals surface area contributed by atoms with Gasteiger partial charge in [0.1, 0.15) is 0 Å². The Balaban J connectivity index is 0.00000144. The lowest BCUT2D eigenvalue weighted by Crippen LogP contribution is -2.28. The predicted molar refractivity (Wildman–Crippen MR) is 63.3 cm³/mol. The normalized spacial score (nSPS) is 20.8. The van der Waals surface area contributed by atoms with Crippen LogP contribution in [0.1, 0.15) is 36.4 Å². The third-order valence-electron chi connectivity index (χ3n) is 2.95. The lowest BCUT2D eigenvalue weighted by atomic mass is 9.93. The van der Waals surface area contributed by atoms with E-state index in [9.17, 15) is 13.2 Å². The number of hydrogen-bond acceptors (Lipinski definition) is 1. The molecule has 96 valence electrons. The second-order valence-electron chi connectivity index (χ2n) is 4.09. The molecule has 2 rings (SSSR count). The standard InChI is InChI=1S/C12H14F3N.ClH/c13-12(14,15)10-6-2-1-5-9(10)11-7-3-4-8-16-11;/h1-2,5-6,11,16H,3-4,7-8H2;1H/t11-;/m0./s1. The summed E-state index contributed by atoms with van der Waals surface area (Å²) in [7, 11) is 0. The molecular weight excluding hydrogens is 251 g/mol. The van der Waals surface area contributed by atoms with E-state index in [0.29, 0.717) is 5.56 Å². The molecule has 1 N–H and O–H groups in total. The number of hydrogen-bond donors (Lipinski definition) is 1. The number of benzene rings is 1. The maximum atomic E-state index is 12.8. The molecule has 0 unspecified atom stereocenters. The zero-order chi connectivity index (χ0) is 11.6. The van der Waals surface area contributed by atoms with Crippen molar-refractivity contribution in [2.24, 2.45) is 0 Å². The van der Waals surface area contributed by atoms with E-state index < -0.39 is 11.7 Å². The van der Waals surface area contributed by atoms with Crippen LogP contribution >= 0.6 is 12.4 Å². The Hall–Kier alpha value is -0.740. The van der Waals surface area contributed by atoms with E-state index in [0.717, 1.165) is 31.9 Å². The van der Waals surface area contributed by atoms with Crippen LogP contribution in [0.15, 0.2) is 24.3 Å². The van der Waals surface area contributed by atoms with E-state index in [1.54, 1.807) is 12.1 Å². The first kappa shape index (κ1) is 14.3. The van der Waals surface area contributed by atoms with E-state index >= 15 is 0 Å². The van der Waals surface area contributed by atoms with Gasteiger partial charge in [0.15, 0.2) is 0 Å². The first-order valence-corrected chi connectivity index (χ1v) is 5.48. The third-order valence-corrected chi connectivity index (χ3v) is 2.95. The predicted octanol–water partition coefficient (Wildman–Crippen LogP) is 3.94. The highest BCUT2D eigenvalue weighted by Gasteiger charge is 2.34. The van der Waals surface area contributed by atoms with Crippen LogP contribution in [0.4, 0.5) is 13.2 Å². The highest BCUT2D eigenvalue weighted by Crippen LogP contribution is 2.36. The summed E-state index contributed by atoms with van der Waals surface area (Å²) < 4.78 is 38.3. The molecule has 1 heterocycles. The summed E-state index contributed by atoms with van der Waals surface area (Å²) in [6, 6.07) is 5.69. The van der Waals surface area contributed by atoms with Gasteiger partial charge < -0.3 is 5.32 Å². The van der Waals surface area contributed by atoms with Gasteiger partial charge in [-0.3, -0.25) is 0 Å². The molecule has 1 aliphatic rings. The topological polar surface area (TPSA) is 12.0 Å². The van der Waals surface area contributed by atoms with E-state index in [1.807, 2.05) is 0 Å². The van der Waals surface area contributed by atoms with Crippen molar-refractivity contribution in [3.05, 3.63) is 35.4 Å². The number of rotatable bonds is 1. The van der Waals surface area contributed by atoms with Gasteiger partial charge in [0.2, 0.25) is 0 Å². The van der Waals surface area contributed by atoms with E-state index in [2.05, 4.69) is 5.32 Å². The van der Waals surface area contributed by atoms with Gasteiger partial charge in [0, 0.05) is 6.04 Å². The number of piperidine rings is 1. The molecule has 1 nitrogen and oxygen atoms in total. The second-order valence-corrected chi connectivity index (χ2v) is 4.09. The average Bonchev–Trinajstić information content (AvgIpc) is 2.29. The maximum Gasteiger partial charge on any atom is 0.416 e. The summed E-state index contributed by atoms with van der Waals surface area (Å²) in [6.07, 6.45) is -1.43. The Morgan fingerprint density at radius 2 is 1.82 bits per heavy atom. The quantitative estimate of drug-likeness (QED) is 0.811. The van der Waals surface area contributed by atoms with Crippen LogP contribution in [0.2, 0.25) is 0 Å². The van der Waals surface area contributed by atoms with Gasteiger partial charge in [0.05, 0.1) is 5.56 Å². The first-order chi connectivity index (χ1) is 7.59. The van der Waals surface area contributed by atoms with Crippen LogP contribution in [-0.4, -0.2) is 6.54 Å². The molecule has 1 aromatic carbocycles. The van der Waals surface area contributed by atoms with Crippen molar-refractivity contribution < 1.29 is 13.2 Å². The third kappa shape index (κ3) is 3.36. The van der Waals surface area contributed by atoms with Gasteiger partial charge in [0.25, 0.3) is 0 Å². The average molecular weight is 266 g/mol. The van der Waals surface area contributed by atoms with Crippen molar-refractivity contribution in [1.82, 2.24) is 5.32 Å². The Labute approximate surface area is 105 Å². The van der Waals surface area contributed by atoms with Crippen LogP contribution in [-0.2, 0) is 6.18 Å². The molecule has 17 heavy (non-hydrogen) atoms. The van der Waals surface area contributed by atoms with Crippen molar-refractivity contribution in [2.75, 3.05) is 6.54 Å². The van der Waals surface area contributed by atoms with Crippen molar-refractivity contribution in [1.29, 1.82) is 0 Å². The van der Waals surface area contributed by atoms with Crippen LogP contribution in [0.25, 0.3) is 0 Å². The van der Waals surface area contributed by atoms with Crippen LogP contribution < -0.4 is 5.32 Å². The van der Waals surface area contributed by atoms with E-state index in [-0.39, 0.29) is 18.4 Å². The SMILES string of the molecule is Cl.FC(F)(F)c1ccccc1[C@@H]1CCCCN1. The Kier molecular flexibility index (Phi) is 4.83. The minimum Gasteiger partial charge on any atom is -0.310 e. The van der Waals surface area contributed by atoms with Gasteiger partial charge in [-0.2, -0.15) is 13.2 Å². The summed E-state index contributed by atoms with van der Waals surface area (Å²) in [6.45, 7) is 0.802. The Morgan fingerprint density at radius 1 is 1.12 bits per heavy atom.